The van der Waals surface area contributed by atoms with Crippen LogP contribution in [0.25, 0.3) is 0 Å². The quantitative estimate of drug-likeness (QED) is 0.905. The molecule has 1 aromatic carbocycles. The third-order valence-corrected chi connectivity index (χ3v) is 4.41. The van der Waals surface area contributed by atoms with E-state index in [0.717, 1.165) is 5.56 Å². The Labute approximate surface area is 134 Å². The van der Waals surface area contributed by atoms with E-state index in [2.05, 4.69) is 5.32 Å². The highest BCUT2D eigenvalue weighted by Gasteiger charge is 2.50. The first-order valence-electron chi connectivity index (χ1n) is 7.63. The third-order valence-electron chi connectivity index (χ3n) is 4.41. The summed E-state index contributed by atoms with van der Waals surface area (Å²) in [7, 11) is 0. The largest absolute Gasteiger partial charge is 0.441 e. The fourth-order valence-electron chi connectivity index (χ4n) is 3.02. The van der Waals surface area contributed by atoms with Gasteiger partial charge in [-0.1, -0.05) is 12.1 Å². The molecule has 0 radical (unpaired) electrons. The summed E-state index contributed by atoms with van der Waals surface area (Å²) in [6.45, 7) is 5.43. The number of piperazine rings is 1. The second kappa shape index (κ2) is 5.72. The number of rotatable bonds is 2. The zero-order chi connectivity index (χ0) is 16.6. The van der Waals surface area contributed by atoms with E-state index in [1.54, 1.807) is 21.9 Å². The van der Waals surface area contributed by atoms with Crippen molar-refractivity contribution in [3.8, 4) is 0 Å². The Morgan fingerprint density at radius 1 is 1.35 bits per heavy atom. The molecule has 0 aliphatic carbocycles. The molecule has 2 aliphatic heterocycles. The average molecular weight is 321 g/mol. The van der Waals surface area contributed by atoms with Crippen LogP contribution in [0.2, 0.25) is 0 Å². The van der Waals surface area contributed by atoms with Gasteiger partial charge in [0.1, 0.15) is 11.4 Å². The lowest BCUT2D eigenvalue weighted by Crippen LogP contribution is -2.59. The molecule has 3 rings (SSSR count). The fourth-order valence-corrected chi connectivity index (χ4v) is 3.02. The standard InChI is InChI=1S/C16H20FN3O3/c1-16(2)13-10-19(7-8-20(13)15(22)23-16)14(21)18-9-11-3-5-12(17)6-4-11/h3-6,13H,7-10H2,1-2H3,(H,18,21). The molecule has 7 heteroatoms. The molecule has 1 N–H and O–H groups in total. The van der Waals surface area contributed by atoms with E-state index in [1.165, 1.54) is 12.1 Å². The normalized spacial score (nSPS) is 22.6. The second-order valence-electron chi connectivity index (χ2n) is 6.41. The number of ether oxygens (including phenoxy) is 1. The maximum absolute atomic E-state index is 12.9. The lowest BCUT2D eigenvalue weighted by Gasteiger charge is -2.39. The Morgan fingerprint density at radius 2 is 2.04 bits per heavy atom. The fraction of sp³-hybridized carbons (Fsp3) is 0.500. The number of nitrogens with zero attached hydrogens (tertiary/aromatic N) is 2. The number of carbonyl (C=O) groups excluding carboxylic acids is 2. The number of nitrogens with one attached hydrogen (secondary N) is 1. The number of carbonyl (C=O) groups is 2. The van der Waals surface area contributed by atoms with Crippen LogP contribution in [0.4, 0.5) is 14.0 Å². The van der Waals surface area contributed by atoms with Crippen molar-refractivity contribution in [2.75, 3.05) is 19.6 Å². The molecule has 2 aliphatic rings. The zero-order valence-corrected chi connectivity index (χ0v) is 13.2. The van der Waals surface area contributed by atoms with Crippen LogP contribution in [0.1, 0.15) is 19.4 Å². The maximum atomic E-state index is 12.9. The molecule has 1 atom stereocenters. The first-order valence-corrected chi connectivity index (χ1v) is 7.63. The van der Waals surface area contributed by atoms with Crippen LogP contribution >= 0.6 is 0 Å². The predicted molar refractivity (Wildman–Crippen MR) is 81.3 cm³/mol. The molecule has 0 aromatic heterocycles. The van der Waals surface area contributed by atoms with Gasteiger partial charge in [0, 0.05) is 26.2 Å². The molecule has 0 saturated carbocycles. The minimum absolute atomic E-state index is 0.139. The predicted octanol–water partition coefficient (Wildman–Crippen LogP) is 1.95. The second-order valence-corrected chi connectivity index (χ2v) is 6.41. The molecule has 3 amide bonds. The van der Waals surface area contributed by atoms with Gasteiger partial charge >= 0.3 is 12.1 Å². The monoisotopic (exact) mass is 321 g/mol. The van der Waals surface area contributed by atoms with Gasteiger partial charge in [0.25, 0.3) is 0 Å². The summed E-state index contributed by atoms with van der Waals surface area (Å²) < 4.78 is 18.2. The number of urea groups is 1. The van der Waals surface area contributed by atoms with Gasteiger partial charge in [-0.15, -0.1) is 0 Å². The van der Waals surface area contributed by atoms with E-state index < -0.39 is 5.60 Å². The summed E-state index contributed by atoms with van der Waals surface area (Å²) in [6.07, 6.45) is -0.314. The summed E-state index contributed by atoms with van der Waals surface area (Å²) in [6, 6.07) is 5.68. The molecule has 0 spiro atoms. The van der Waals surface area contributed by atoms with Gasteiger partial charge in [-0.3, -0.25) is 4.90 Å². The van der Waals surface area contributed by atoms with Crippen LogP contribution in [-0.2, 0) is 11.3 Å². The Bertz CT molecular complexity index is 618. The van der Waals surface area contributed by atoms with E-state index in [9.17, 15) is 14.0 Å². The van der Waals surface area contributed by atoms with Crippen LogP contribution in [0.5, 0.6) is 0 Å². The molecule has 124 valence electrons. The number of amides is 3. The van der Waals surface area contributed by atoms with Crippen molar-refractivity contribution in [1.29, 1.82) is 0 Å². The third kappa shape index (κ3) is 3.09. The minimum Gasteiger partial charge on any atom is -0.441 e. The molecule has 23 heavy (non-hydrogen) atoms. The topological polar surface area (TPSA) is 61.9 Å². The molecular formula is C16H20FN3O3. The van der Waals surface area contributed by atoms with Gasteiger partial charge < -0.3 is 15.0 Å². The van der Waals surface area contributed by atoms with Crippen LogP contribution in [0, 0.1) is 5.82 Å². The first-order chi connectivity index (χ1) is 10.9. The number of benzene rings is 1. The molecule has 2 heterocycles. The summed E-state index contributed by atoms with van der Waals surface area (Å²) in [5.41, 5.74) is 0.227. The zero-order valence-electron chi connectivity index (χ0n) is 13.2. The first kappa shape index (κ1) is 15.6. The molecule has 0 bridgehead atoms. The lowest BCUT2D eigenvalue weighted by atomic mass is 9.96. The van der Waals surface area contributed by atoms with Crippen molar-refractivity contribution in [2.45, 2.75) is 32.0 Å². The van der Waals surface area contributed by atoms with E-state index in [-0.39, 0.29) is 24.0 Å². The van der Waals surface area contributed by atoms with Crippen LogP contribution in [-0.4, -0.2) is 53.2 Å². The smallest absolute Gasteiger partial charge is 0.410 e. The van der Waals surface area contributed by atoms with Crippen LogP contribution in [0.3, 0.4) is 0 Å². The van der Waals surface area contributed by atoms with Crippen molar-refractivity contribution in [1.82, 2.24) is 15.1 Å². The minimum atomic E-state index is -0.604. The van der Waals surface area contributed by atoms with Gasteiger partial charge in [0.15, 0.2) is 0 Å². The summed E-state index contributed by atoms with van der Waals surface area (Å²) in [5, 5.41) is 2.83. The van der Waals surface area contributed by atoms with Crippen molar-refractivity contribution in [2.24, 2.45) is 0 Å². The summed E-state index contributed by atoms with van der Waals surface area (Å²) >= 11 is 0. The summed E-state index contributed by atoms with van der Waals surface area (Å²) in [5.74, 6) is -0.302. The summed E-state index contributed by atoms with van der Waals surface area (Å²) in [4.78, 5) is 27.5. The molecule has 2 saturated heterocycles. The number of hydrogen-bond donors (Lipinski definition) is 1. The van der Waals surface area contributed by atoms with Crippen molar-refractivity contribution in [3.05, 3.63) is 35.6 Å². The SMILES string of the molecule is CC1(C)OC(=O)N2CCN(C(=O)NCc3ccc(F)cc3)CC21. The Morgan fingerprint density at radius 3 is 2.74 bits per heavy atom. The Kier molecular flexibility index (Phi) is 3.87. The van der Waals surface area contributed by atoms with E-state index in [1.807, 2.05) is 13.8 Å². The lowest BCUT2D eigenvalue weighted by molar-refractivity contribution is 0.0516. The maximum Gasteiger partial charge on any atom is 0.410 e. The number of hydrogen-bond acceptors (Lipinski definition) is 3. The highest BCUT2D eigenvalue weighted by Crippen LogP contribution is 2.31. The molecule has 1 aromatic rings. The van der Waals surface area contributed by atoms with Crippen LogP contribution < -0.4 is 5.32 Å². The molecule has 1 unspecified atom stereocenters. The van der Waals surface area contributed by atoms with Gasteiger partial charge in [0.05, 0.1) is 6.04 Å². The number of halogens is 1. The van der Waals surface area contributed by atoms with Crippen LogP contribution in [0.15, 0.2) is 24.3 Å². The highest BCUT2D eigenvalue weighted by atomic mass is 19.1. The molecule has 2 fully saturated rings. The van der Waals surface area contributed by atoms with Gasteiger partial charge in [-0.2, -0.15) is 0 Å². The number of fused-ring (bicyclic) bond motifs is 1. The van der Waals surface area contributed by atoms with E-state index in [0.29, 0.717) is 26.2 Å². The van der Waals surface area contributed by atoms with Crippen molar-refractivity contribution < 1.29 is 18.7 Å². The number of cyclic esters (lactones) is 1. The van der Waals surface area contributed by atoms with Crippen molar-refractivity contribution in [3.63, 3.8) is 0 Å². The Balaban J connectivity index is 1.58. The average Bonchev–Trinajstić information content (AvgIpc) is 2.75. The Hall–Kier alpha value is -2.31. The highest BCUT2D eigenvalue weighted by molar-refractivity contribution is 5.76. The van der Waals surface area contributed by atoms with Gasteiger partial charge in [-0.25, -0.2) is 14.0 Å². The van der Waals surface area contributed by atoms with Gasteiger partial charge in [-0.05, 0) is 31.5 Å². The van der Waals surface area contributed by atoms with E-state index in [4.69, 9.17) is 4.74 Å². The molecular weight excluding hydrogens is 301 g/mol. The molecule has 6 nitrogen and oxygen atoms in total. The van der Waals surface area contributed by atoms with E-state index >= 15 is 0 Å². The van der Waals surface area contributed by atoms with Crippen molar-refractivity contribution >= 4 is 12.1 Å². The van der Waals surface area contributed by atoms with Gasteiger partial charge in [0.2, 0.25) is 0 Å².